The number of hydrogen-bond acceptors (Lipinski definition) is 3. The molecule has 0 saturated carbocycles. The average molecular weight is 245 g/mol. The van der Waals surface area contributed by atoms with E-state index in [0.717, 1.165) is 5.56 Å². The SMILES string of the molecule is COc1ccc(-c2ccc(C(C)=O)c(F)c2)cn1. The molecular weight excluding hydrogens is 233 g/mol. The normalized spacial score (nSPS) is 10.2. The van der Waals surface area contributed by atoms with E-state index in [4.69, 9.17) is 4.74 Å². The molecule has 0 fully saturated rings. The van der Waals surface area contributed by atoms with Gasteiger partial charge in [-0.3, -0.25) is 4.79 Å². The molecule has 0 spiro atoms. The average Bonchev–Trinajstić information content (AvgIpc) is 2.38. The Morgan fingerprint density at radius 3 is 2.44 bits per heavy atom. The van der Waals surface area contributed by atoms with Gasteiger partial charge in [0.1, 0.15) is 5.82 Å². The lowest BCUT2D eigenvalue weighted by Gasteiger charge is -2.05. The number of Topliss-reactive ketones (excluding diaryl/α,β-unsaturated/α-hetero) is 1. The summed E-state index contributed by atoms with van der Waals surface area (Å²) in [5, 5.41) is 0. The fourth-order valence-corrected chi connectivity index (χ4v) is 1.65. The molecule has 0 N–H and O–H groups in total. The largest absolute Gasteiger partial charge is 0.481 e. The Balaban J connectivity index is 2.39. The van der Waals surface area contributed by atoms with Gasteiger partial charge in [-0.15, -0.1) is 0 Å². The van der Waals surface area contributed by atoms with Crippen molar-refractivity contribution in [3.8, 4) is 17.0 Å². The quantitative estimate of drug-likeness (QED) is 0.780. The third-order valence-corrected chi connectivity index (χ3v) is 2.63. The summed E-state index contributed by atoms with van der Waals surface area (Å²) < 4.78 is 18.6. The topological polar surface area (TPSA) is 39.2 Å². The zero-order valence-electron chi connectivity index (χ0n) is 10.1. The van der Waals surface area contributed by atoms with Crippen molar-refractivity contribution in [1.29, 1.82) is 0 Å². The van der Waals surface area contributed by atoms with Gasteiger partial charge in [0.15, 0.2) is 5.78 Å². The summed E-state index contributed by atoms with van der Waals surface area (Å²) >= 11 is 0. The minimum atomic E-state index is -0.518. The van der Waals surface area contributed by atoms with Crippen LogP contribution in [0.3, 0.4) is 0 Å². The van der Waals surface area contributed by atoms with E-state index in [1.165, 1.54) is 26.2 Å². The van der Waals surface area contributed by atoms with Gasteiger partial charge in [-0.1, -0.05) is 6.07 Å². The Bertz CT molecular complexity index is 579. The maximum Gasteiger partial charge on any atom is 0.212 e. The number of carbonyl (C=O) groups is 1. The van der Waals surface area contributed by atoms with E-state index in [0.29, 0.717) is 11.4 Å². The summed E-state index contributed by atoms with van der Waals surface area (Å²) in [6, 6.07) is 8.00. The molecule has 1 heterocycles. The van der Waals surface area contributed by atoms with Crippen molar-refractivity contribution >= 4 is 5.78 Å². The molecule has 0 bridgehead atoms. The van der Waals surface area contributed by atoms with Crippen LogP contribution in [-0.2, 0) is 0 Å². The summed E-state index contributed by atoms with van der Waals surface area (Å²) in [7, 11) is 1.53. The number of halogens is 1. The molecule has 0 saturated heterocycles. The fraction of sp³-hybridized carbons (Fsp3) is 0.143. The number of carbonyl (C=O) groups excluding carboxylic acids is 1. The van der Waals surface area contributed by atoms with Crippen LogP contribution in [0.4, 0.5) is 4.39 Å². The maximum atomic E-state index is 13.7. The summed E-state index contributed by atoms with van der Waals surface area (Å²) in [4.78, 5) is 15.2. The van der Waals surface area contributed by atoms with Crippen molar-refractivity contribution in [3.63, 3.8) is 0 Å². The molecule has 2 aromatic rings. The van der Waals surface area contributed by atoms with Crippen LogP contribution in [0.5, 0.6) is 5.88 Å². The first-order valence-corrected chi connectivity index (χ1v) is 5.42. The molecule has 0 amide bonds. The van der Waals surface area contributed by atoms with Gasteiger partial charge in [0.2, 0.25) is 5.88 Å². The minimum Gasteiger partial charge on any atom is -0.481 e. The number of pyridine rings is 1. The molecule has 2 rings (SSSR count). The predicted octanol–water partition coefficient (Wildman–Crippen LogP) is 3.10. The van der Waals surface area contributed by atoms with E-state index in [1.54, 1.807) is 24.4 Å². The van der Waals surface area contributed by atoms with Crippen LogP contribution in [0.25, 0.3) is 11.1 Å². The number of aromatic nitrogens is 1. The molecule has 0 aliphatic carbocycles. The highest BCUT2D eigenvalue weighted by Gasteiger charge is 2.08. The van der Waals surface area contributed by atoms with E-state index in [9.17, 15) is 9.18 Å². The van der Waals surface area contributed by atoms with Crippen molar-refractivity contribution in [2.45, 2.75) is 6.92 Å². The van der Waals surface area contributed by atoms with E-state index < -0.39 is 5.82 Å². The van der Waals surface area contributed by atoms with Crippen molar-refractivity contribution in [1.82, 2.24) is 4.98 Å². The van der Waals surface area contributed by atoms with Crippen LogP contribution < -0.4 is 4.74 Å². The first-order valence-electron chi connectivity index (χ1n) is 5.42. The van der Waals surface area contributed by atoms with Crippen molar-refractivity contribution < 1.29 is 13.9 Å². The third kappa shape index (κ3) is 2.37. The lowest BCUT2D eigenvalue weighted by atomic mass is 10.0. The summed E-state index contributed by atoms with van der Waals surface area (Å²) in [5.74, 6) is -0.303. The second-order valence-corrected chi connectivity index (χ2v) is 3.84. The monoisotopic (exact) mass is 245 g/mol. The van der Waals surface area contributed by atoms with Gasteiger partial charge < -0.3 is 4.74 Å². The number of nitrogens with zero attached hydrogens (tertiary/aromatic N) is 1. The number of methoxy groups -OCH3 is 1. The second kappa shape index (κ2) is 4.96. The van der Waals surface area contributed by atoms with Crippen LogP contribution >= 0.6 is 0 Å². The van der Waals surface area contributed by atoms with Gasteiger partial charge in [-0.2, -0.15) is 0 Å². The first-order chi connectivity index (χ1) is 8.61. The summed E-state index contributed by atoms with van der Waals surface area (Å²) in [5.41, 5.74) is 1.54. The highest BCUT2D eigenvalue weighted by Crippen LogP contribution is 2.22. The summed E-state index contributed by atoms with van der Waals surface area (Å²) in [6.45, 7) is 1.34. The standard InChI is InChI=1S/C14H12FNO2/c1-9(17)12-5-3-10(7-13(12)15)11-4-6-14(18-2)16-8-11/h3-8H,1-2H3. The zero-order valence-corrected chi connectivity index (χ0v) is 10.1. The molecule has 0 unspecified atom stereocenters. The van der Waals surface area contributed by atoms with Crippen LogP contribution in [0, 0.1) is 5.82 Å². The fourth-order valence-electron chi connectivity index (χ4n) is 1.65. The second-order valence-electron chi connectivity index (χ2n) is 3.84. The van der Waals surface area contributed by atoms with Gasteiger partial charge in [0.05, 0.1) is 12.7 Å². The third-order valence-electron chi connectivity index (χ3n) is 2.63. The van der Waals surface area contributed by atoms with Crippen molar-refractivity contribution in [2.24, 2.45) is 0 Å². The van der Waals surface area contributed by atoms with Gasteiger partial charge in [0.25, 0.3) is 0 Å². The van der Waals surface area contributed by atoms with Gasteiger partial charge in [-0.05, 0) is 30.7 Å². The van der Waals surface area contributed by atoms with Crippen LogP contribution in [0.2, 0.25) is 0 Å². The Labute approximate surface area is 104 Å². The molecular formula is C14H12FNO2. The molecule has 1 aromatic carbocycles. The summed E-state index contributed by atoms with van der Waals surface area (Å²) in [6.07, 6.45) is 1.60. The minimum absolute atomic E-state index is 0.0974. The number of benzene rings is 1. The number of rotatable bonds is 3. The highest BCUT2D eigenvalue weighted by molar-refractivity contribution is 5.94. The Morgan fingerprint density at radius 2 is 1.94 bits per heavy atom. The molecule has 0 radical (unpaired) electrons. The lowest BCUT2D eigenvalue weighted by Crippen LogP contribution is -1.97. The molecule has 1 aromatic heterocycles. The molecule has 0 aliphatic heterocycles. The lowest BCUT2D eigenvalue weighted by molar-refractivity contribution is 0.101. The number of ether oxygens (including phenoxy) is 1. The van der Waals surface area contributed by atoms with E-state index >= 15 is 0 Å². The molecule has 0 aliphatic rings. The zero-order chi connectivity index (χ0) is 13.1. The molecule has 92 valence electrons. The Hall–Kier alpha value is -2.23. The van der Waals surface area contributed by atoms with Crippen LogP contribution in [-0.4, -0.2) is 17.9 Å². The van der Waals surface area contributed by atoms with E-state index in [-0.39, 0.29) is 11.3 Å². The van der Waals surface area contributed by atoms with E-state index in [1.807, 2.05) is 0 Å². The number of hydrogen-bond donors (Lipinski definition) is 0. The van der Waals surface area contributed by atoms with Crippen LogP contribution in [0.1, 0.15) is 17.3 Å². The first kappa shape index (κ1) is 12.2. The molecule has 3 nitrogen and oxygen atoms in total. The van der Waals surface area contributed by atoms with Gasteiger partial charge in [0, 0.05) is 17.8 Å². The van der Waals surface area contributed by atoms with Crippen LogP contribution in [0.15, 0.2) is 36.5 Å². The highest BCUT2D eigenvalue weighted by atomic mass is 19.1. The molecule has 0 atom stereocenters. The van der Waals surface area contributed by atoms with Gasteiger partial charge >= 0.3 is 0 Å². The van der Waals surface area contributed by atoms with Gasteiger partial charge in [-0.25, -0.2) is 9.37 Å². The predicted molar refractivity (Wildman–Crippen MR) is 66.2 cm³/mol. The smallest absolute Gasteiger partial charge is 0.212 e. The molecule has 4 heteroatoms. The number of ketones is 1. The maximum absolute atomic E-state index is 13.7. The Kier molecular flexibility index (Phi) is 3.37. The van der Waals surface area contributed by atoms with Crippen molar-refractivity contribution in [3.05, 3.63) is 47.9 Å². The van der Waals surface area contributed by atoms with Crippen molar-refractivity contribution in [2.75, 3.05) is 7.11 Å². The Morgan fingerprint density at radius 1 is 1.22 bits per heavy atom. The molecule has 18 heavy (non-hydrogen) atoms. The van der Waals surface area contributed by atoms with E-state index in [2.05, 4.69) is 4.98 Å².